The lowest BCUT2D eigenvalue weighted by molar-refractivity contribution is -0.140. The Labute approximate surface area is 155 Å². The third-order valence-electron chi connectivity index (χ3n) is 5.78. The third-order valence-corrected chi connectivity index (χ3v) is 6.35. The maximum atomic E-state index is 12.6. The Morgan fingerprint density at radius 3 is 2.40 bits per heavy atom. The van der Waals surface area contributed by atoms with Crippen LogP contribution in [-0.4, -0.2) is 29.2 Å². The van der Waals surface area contributed by atoms with Gasteiger partial charge in [-0.1, -0.05) is 23.2 Å². The molecule has 0 unspecified atom stereocenters. The summed E-state index contributed by atoms with van der Waals surface area (Å²) in [7, 11) is 0. The van der Waals surface area contributed by atoms with Gasteiger partial charge in [0.05, 0.1) is 22.5 Å². The molecule has 25 heavy (non-hydrogen) atoms. The van der Waals surface area contributed by atoms with Gasteiger partial charge >= 0.3 is 0 Å². The number of benzene rings is 1. The number of nitrogens with zero attached hydrogens (tertiary/aromatic N) is 1. The molecule has 5 nitrogen and oxygen atoms in total. The summed E-state index contributed by atoms with van der Waals surface area (Å²) in [6, 6.07) is 4.80. The molecular weight excluding hydrogens is 363 g/mol. The van der Waals surface area contributed by atoms with Gasteiger partial charge in [-0.3, -0.25) is 19.3 Å². The van der Waals surface area contributed by atoms with Gasteiger partial charge in [-0.2, -0.15) is 0 Å². The highest BCUT2D eigenvalue weighted by atomic mass is 35.5. The second-order valence-electron chi connectivity index (χ2n) is 7.14. The number of imide groups is 1. The average molecular weight is 381 g/mol. The van der Waals surface area contributed by atoms with Gasteiger partial charge in [0.2, 0.25) is 17.7 Å². The standard InChI is InChI=1S/C18H18Cl2N2O3/c19-11-3-4-12(20)13(8-11)21-14(23)5-6-22-17(24)15-9-1-2-10(7-9)16(15)18(22)25/h3-4,8-10,15-16H,1-2,5-7H2,(H,21,23)/t9-,10+,15-,16-/m0/s1. The number of rotatable bonds is 4. The Balaban J connectivity index is 1.38. The Hall–Kier alpha value is -1.59. The van der Waals surface area contributed by atoms with Crippen molar-refractivity contribution in [2.24, 2.45) is 23.7 Å². The normalized spacial score (nSPS) is 30.1. The van der Waals surface area contributed by atoms with Crippen molar-refractivity contribution >= 4 is 46.6 Å². The lowest BCUT2D eigenvalue weighted by Gasteiger charge is -2.19. The van der Waals surface area contributed by atoms with E-state index in [4.69, 9.17) is 23.2 Å². The molecule has 1 aromatic rings. The van der Waals surface area contributed by atoms with Gasteiger partial charge < -0.3 is 5.32 Å². The van der Waals surface area contributed by atoms with E-state index < -0.39 is 0 Å². The zero-order chi connectivity index (χ0) is 17.7. The minimum Gasteiger partial charge on any atom is -0.325 e. The number of likely N-dealkylation sites (tertiary alicyclic amines) is 1. The van der Waals surface area contributed by atoms with E-state index in [1.54, 1.807) is 18.2 Å². The quantitative estimate of drug-likeness (QED) is 0.814. The molecule has 7 heteroatoms. The zero-order valence-electron chi connectivity index (χ0n) is 13.5. The van der Waals surface area contributed by atoms with Gasteiger partial charge in [-0.25, -0.2) is 0 Å². The number of carbonyl (C=O) groups is 3. The smallest absolute Gasteiger partial charge is 0.233 e. The molecule has 132 valence electrons. The largest absolute Gasteiger partial charge is 0.325 e. The Morgan fingerprint density at radius 2 is 1.76 bits per heavy atom. The zero-order valence-corrected chi connectivity index (χ0v) is 15.0. The number of hydrogen-bond acceptors (Lipinski definition) is 3. The summed E-state index contributed by atoms with van der Waals surface area (Å²) in [5.41, 5.74) is 0.424. The van der Waals surface area contributed by atoms with Crippen molar-refractivity contribution in [3.05, 3.63) is 28.2 Å². The molecule has 1 aliphatic heterocycles. The summed E-state index contributed by atoms with van der Waals surface area (Å²) < 4.78 is 0. The fourth-order valence-corrected chi connectivity index (χ4v) is 5.05. The fraction of sp³-hybridized carbons (Fsp3) is 0.500. The van der Waals surface area contributed by atoms with Gasteiger partial charge in [0, 0.05) is 18.0 Å². The molecule has 2 aliphatic carbocycles. The van der Waals surface area contributed by atoms with E-state index >= 15 is 0 Å². The Kier molecular flexibility index (Phi) is 4.24. The first-order valence-corrected chi connectivity index (χ1v) is 9.31. The average Bonchev–Trinajstić information content (AvgIpc) is 3.24. The van der Waals surface area contributed by atoms with Crippen LogP contribution in [0.3, 0.4) is 0 Å². The predicted octanol–water partition coefficient (Wildman–Crippen LogP) is 3.35. The van der Waals surface area contributed by atoms with Crippen molar-refractivity contribution in [3.8, 4) is 0 Å². The molecule has 1 aromatic carbocycles. The highest BCUT2D eigenvalue weighted by Crippen LogP contribution is 2.56. The number of hydrogen-bond donors (Lipinski definition) is 1. The molecular formula is C18H18Cl2N2O3. The molecule has 1 saturated heterocycles. The summed E-state index contributed by atoms with van der Waals surface area (Å²) in [4.78, 5) is 38.6. The van der Waals surface area contributed by atoms with E-state index in [1.807, 2.05) is 0 Å². The highest BCUT2D eigenvalue weighted by Gasteiger charge is 2.60. The third kappa shape index (κ3) is 2.83. The second kappa shape index (κ2) is 6.29. The molecule has 2 saturated carbocycles. The van der Waals surface area contributed by atoms with Crippen LogP contribution in [0.4, 0.5) is 5.69 Å². The minimum absolute atomic E-state index is 0.0507. The predicted molar refractivity (Wildman–Crippen MR) is 94.2 cm³/mol. The molecule has 3 aliphatic rings. The van der Waals surface area contributed by atoms with Crippen LogP contribution in [0.15, 0.2) is 18.2 Å². The number of carbonyl (C=O) groups excluding carboxylic acids is 3. The van der Waals surface area contributed by atoms with Crippen LogP contribution in [0.1, 0.15) is 25.7 Å². The summed E-state index contributed by atoms with van der Waals surface area (Å²) in [5, 5.41) is 3.53. The Bertz CT molecular complexity index is 739. The van der Waals surface area contributed by atoms with E-state index in [0.29, 0.717) is 27.6 Å². The van der Waals surface area contributed by atoms with Crippen molar-refractivity contribution in [2.75, 3.05) is 11.9 Å². The van der Waals surface area contributed by atoms with Crippen molar-refractivity contribution in [1.29, 1.82) is 0 Å². The number of anilines is 1. The van der Waals surface area contributed by atoms with Crippen molar-refractivity contribution < 1.29 is 14.4 Å². The molecule has 0 radical (unpaired) electrons. The van der Waals surface area contributed by atoms with Crippen LogP contribution < -0.4 is 5.32 Å². The first-order chi connectivity index (χ1) is 12.0. The number of amides is 3. The number of halogens is 2. The molecule has 1 heterocycles. The van der Waals surface area contributed by atoms with Crippen LogP contribution in [0.2, 0.25) is 10.0 Å². The van der Waals surface area contributed by atoms with E-state index in [0.717, 1.165) is 19.3 Å². The molecule has 1 N–H and O–H groups in total. The van der Waals surface area contributed by atoms with Gasteiger partial charge in [-0.05, 0) is 49.3 Å². The fourth-order valence-electron chi connectivity index (χ4n) is 4.71. The molecule has 2 bridgehead atoms. The second-order valence-corrected chi connectivity index (χ2v) is 7.98. The number of fused-ring (bicyclic) bond motifs is 5. The molecule has 4 atom stereocenters. The maximum Gasteiger partial charge on any atom is 0.233 e. The topological polar surface area (TPSA) is 66.5 Å². The van der Waals surface area contributed by atoms with E-state index in [-0.39, 0.29) is 42.5 Å². The van der Waals surface area contributed by atoms with Crippen LogP contribution in [-0.2, 0) is 14.4 Å². The van der Waals surface area contributed by atoms with Crippen LogP contribution >= 0.6 is 23.2 Å². The summed E-state index contributed by atoms with van der Waals surface area (Å²) in [5.74, 6) is -0.0455. The first kappa shape index (κ1) is 16.9. The minimum atomic E-state index is -0.301. The van der Waals surface area contributed by atoms with E-state index in [2.05, 4.69) is 5.32 Å². The van der Waals surface area contributed by atoms with Crippen LogP contribution in [0.25, 0.3) is 0 Å². The maximum absolute atomic E-state index is 12.6. The van der Waals surface area contributed by atoms with Gasteiger partial charge in [0.25, 0.3) is 0 Å². The molecule has 0 aromatic heterocycles. The SMILES string of the molecule is O=C(CCN1C(=O)[C@H]2[C@@H]3CC[C@@H](C3)[C@@H]2C1=O)Nc1cc(Cl)ccc1Cl. The first-order valence-electron chi connectivity index (χ1n) is 8.56. The highest BCUT2D eigenvalue weighted by molar-refractivity contribution is 6.35. The summed E-state index contributed by atoms with van der Waals surface area (Å²) >= 11 is 11.9. The lowest BCUT2D eigenvalue weighted by Crippen LogP contribution is -2.35. The van der Waals surface area contributed by atoms with Crippen molar-refractivity contribution in [1.82, 2.24) is 4.90 Å². The van der Waals surface area contributed by atoms with Gasteiger partial charge in [-0.15, -0.1) is 0 Å². The molecule has 4 rings (SSSR count). The summed E-state index contributed by atoms with van der Waals surface area (Å²) in [6.45, 7) is 0.119. The van der Waals surface area contributed by atoms with Crippen LogP contribution in [0, 0.1) is 23.7 Å². The van der Waals surface area contributed by atoms with Crippen molar-refractivity contribution in [2.45, 2.75) is 25.7 Å². The number of nitrogens with one attached hydrogen (secondary N) is 1. The molecule has 0 spiro atoms. The van der Waals surface area contributed by atoms with E-state index in [1.165, 1.54) is 4.90 Å². The summed E-state index contributed by atoms with van der Waals surface area (Å²) in [6.07, 6.45) is 3.16. The van der Waals surface area contributed by atoms with Crippen LogP contribution in [0.5, 0.6) is 0 Å². The Morgan fingerprint density at radius 1 is 1.12 bits per heavy atom. The van der Waals surface area contributed by atoms with Crippen molar-refractivity contribution in [3.63, 3.8) is 0 Å². The van der Waals surface area contributed by atoms with Gasteiger partial charge in [0.1, 0.15) is 0 Å². The van der Waals surface area contributed by atoms with Gasteiger partial charge in [0.15, 0.2) is 0 Å². The molecule has 3 fully saturated rings. The monoisotopic (exact) mass is 380 g/mol. The lowest BCUT2D eigenvalue weighted by atomic mass is 9.81. The molecule has 3 amide bonds. The van der Waals surface area contributed by atoms with E-state index in [9.17, 15) is 14.4 Å².